The lowest BCUT2D eigenvalue weighted by molar-refractivity contribution is 0.0930. The zero-order valence-corrected chi connectivity index (χ0v) is 11.9. The molecule has 1 aromatic rings. The molecule has 1 aromatic carbocycles. The molecule has 0 aliphatic heterocycles. The molecule has 0 radical (unpaired) electrons. The summed E-state index contributed by atoms with van der Waals surface area (Å²) >= 11 is 6.03. The Labute approximate surface area is 118 Å². The standard InChI is InChI=1S/C13H17ClN2O.ClH/c1-9-3-4-10(11(14)7-9)12(17)16-8-13(15)5-2-6-13;/h3-4,7H,2,5-6,8,15H2,1H3,(H,16,17);1H. The number of hydrogen-bond acceptors (Lipinski definition) is 2. The first-order valence-electron chi connectivity index (χ1n) is 5.83. The summed E-state index contributed by atoms with van der Waals surface area (Å²) in [5.74, 6) is -0.147. The van der Waals surface area contributed by atoms with E-state index in [2.05, 4.69) is 5.32 Å². The molecule has 0 bridgehead atoms. The first-order valence-corrected chi connectivity index (χ1v) is 6.21. The van der Waals surface area contributed by atoms with Gasteiger partial charge >= 0.3 is 0 Å². The van der Waals surface area contributed by atoms with Crippen LogP contribution in [0.1, 0.15) is 35.2 Å². The second-order valence-electron chi connectivity index (χ2n) is 4.88. The molecule has 1 aliphatic rings. The van der Waals surface area contributed by atoms with E-state index in [0.717, 1.165) is 24.8 Å². The van der Waals surface area contributed by atoms with E-state index in [1.807, 2.05) is 13.0 Å². The Morgan fingerprint density at radius 2 is 2.17 bits per heavy atom. The third-order valence-corrected chi connectivity index (χ3v) is 3.63. The number of halogens is 2. The molecular weight excluding hydrogens is 271 g/mol. The second-order valence-corrected chi connectivity index (χ2v) is 5.29. The Morgan fingerprint density at radius 1 is 1.50 bits per heavy atom. The van der Waals surface area contributed by atoms with Crippen LogP contribution in [-0.4, -0.2) is 18.0 Å². The van der Waals surface area contributed by atoms with Crippen LogP contribution < -0.4 is 11.1 Å². The van der Waals surface area contributed by atoms with E-state index in [0.29, 0.717) is 17.1 Å². The van der Waals surface area contributed by atoms with Crippen LogP contribution in [0.3, 0.4) is 0 Å². The summed E-state index contributed by atoms with van der Waals surface area (Å²) in [6.45, 7) is 2.47. The lowest BCUT2D eigenvalue weighted by Gasteiger charge is -2.38. The van der Waals surface area contributed by atoms with Crippen molar-refractivity contribution in [3.05, 3.63) is 34.3 Å². The van der Waals surface area contributed by atoms with E-state index in [4.69, 9.17) is 17.3 Å². The van der Waals surface area contributed by atoms with Gasteiger partial charge in [0.05, 0.1) is 10.6 Å². The highest BCUT2D eigenvalue weighted by molar-refractivity contribution is 6.33. The van der Waals surface area contributed by atoms with Crippen molar-refractivity contribution in [2.75, 3.05) is 6.54 Å². The van der Waals surface area contributed by atoms with Gasteiger partial charge in [-0.25, -0.2) is 0 Å². The number of amides is 1. The van der Waals surface area contributed by atoms with Crippen LogP contribution in [0.15, 0.2) is 18.2 Å². The molecule has 2 rings (SSSR count). The molecule has 0 heterocycles. The zero-order valence-electron chi connectivity index (χ0n) is 10.3. The monoisotopic (exact) mass is 288 g/mol. The van der Waals surface area contributed by atoms with Gasteiger partial charge in [-0.2, -0.15) is 0 Å². The predicted octanol–water partition coefficient (Wildman–Crippen LogP) is 2.68. The molecule has 3 N–H and O–H groups in total. The van der Waals surface area contributed by atoms with E-state index >= 15 is 0 Å². The van der Waals surface area contributed by atoms with Crippen molar-refractivity contribution in [2.45, 2.75) is 31.7 Å². The highest BCUT2D eigenvalue weighted by Gasteiger charge is 2.32. The largest absolute Gasteiger partial charge is 0.350 e. The number of benzene rings is 1. The summed E-state index contributed by atoms with van der Waals surface area (Å²) in [7, 11) is 0. The third-order valence-electron chi connectivity index (χ3n) is 3.32. The first-order chi connectivity index (χ1) is 8.00. The molecule has 0 spiro atoms. The Kier molecular flexibility index (Phi) is 5.02. The van der Waals surface area contributed by atoms with Crippen LogP contribution in [0.2, 0.25) is 5.02 Å². The minimum atomic E-state index is -0.202. The number of nitrogens with two attached hydrogens (primary N) is 1. The van der Waals surface area contributed by atoms with Crippen LogP contribution in [0, 0.1) is 6.92 Å². The molecule has 0 atom stereocenters. The molecule has 100 valence electrons. The van der Waals surface area contributed by atoms with E-state index in [9.17, 15) is 4.79 Å². The predicted molar refractivity (Wildman–Crippen MR) is 76.5 cm³/mol. The number of carbonyl (C=O) groups excluding carboxylic acids is 1. The Bertz CT molecular complexity index is 445. The topological polar surface area (TPSA) is 55.1 Å². The van der Waals surface area contributed by atoms with Crippen LogP contribution in [0.4, 0.5) is 0 Å². The quantitative estimate of drug-likeness (QED) is 0.899. The molecule has 18 heavy (non-hydrogen) atoms. The summed E-state index contributed by atoms with van der Waals surface area (Å²) in [6.07, 6.45) is 3.11. The first kappa shape index (κ1) is 15.3. The van der Waals surface area contributed by atoms with Gasteiger partial charge in [0.2, 0.25) is 0 Å². The van der Waals surface area contributed by atoms with Crippen molar-refractivity contribution in [2.24, 2.45) is 5.73 Å². The molecule has 3 nitrogen and oxygen atoms in total. The van der Waals surface area contributed by atoms with E-state index in [1.165, 1.54) is 0 Å². The molecule has 0 aromatic heterocycles. The highest BCUT2D eigenvalue weighted by Crippen LogP contribution is 2.28. The molecule has 1 aliphatic carbocycles. The second kappa shape index (κ2) is 5.91. The summed E-state index contributed by atoms with van der Waals surface area (Å²) in [5.41, 5.74) is 7.40. The minimum Gasteiger partial charge on any atom is -0.350 e. The van der Waals surface area contributed by atoms with Crippen LogP contribution in [-0.2, 0) is 0 Å². The van der Waals surface area contributed by atoms with Crippen LogP contribution in [0.25, 0.3) is 0 Å². The normalized spacial score (nSPS) is 16.4. The average Bonchev–Trinajstić information content (AvgIpc) is 2.23. The molecule has 1 amide bonds. The fourth-order valence-corrected chi connectivity index (χ4v) is 2.28. The SMILES string of the molecule is Cc1ccc(C(=O)NCC2(N)CCC2)c(Cl)c1.Cl. The van der Waals surface area contributed by atoms with Crippen molar-refractivity contribution in [3.63, 3.8) is 0 Å². The Hall–Kier alpha value is -0.770. The molecule has 1 saturated carbocycles. The van der Waals surface area contributed by atoms with Crippen molar-refractivity contribution >= 4 is 29.9 Å². The van der Waals surface area contributed by atoms with Crippen LogP contribution >= 0.6 is 24.0 Å². The zero-order chi connectivity index (χ0) is 12.5. The lowest BCUT2D eigenvalue weighted by Crippen LogP contribution is -2.54. The summed E-state index contributed by atoms with van der Waals surface area (Å²) in [4.78, 5) is 11.9. The van der Waals surface area contributed by atoms with Crippen molar-refractivity contribution < 1.29 is 4.79 Å². The van der Waals surface area contributed by atoms with Crippen molar-refractivity contribution in [1.29, 1.82) is 0 Å². The molecule has 0 saturated heterocycles. The maximum absolute atomic E-state index is 11.9. The summed E-state index contributed by atoms with van der Waals surface area (Å²) in [6, 6.07) is 5.41. The van der Waals surface area contributed by atoms with E-state index in [1.54, 1.807) is 12.1 Å². The maximum atomic E-state index is 11.9. The van der Waals surface area contributed by atoms with Crippen molar-refractivity contribution in [1.82, 2.24) is 5.32 Å². The Balaban J connectivity index is 0.00000162. The minimum absolute atomic E-state index is 0. The number of rotatable bonds is 3. The summed E-state index contributed by atoms with van der Waals surface area (Å²) < 4.78 is 0. The number of nitrogens with one attached hydrogen (secondary N) is 1. The lowest BCUT2D eigenvalue weighted by atomic mass is 9.78. The summed E-state index contributed by atoms with van der Waals surface area (Å²) in [5, 5.41) is 3.34. The highest BCUT2D eigenvalue weighted by atomic mass is 35.5. The van der Waals surface area contributed by atoms with Gasteiger partial charge in [-0.05, 0) is 43.9 Å². The van der Waals surface area contributed by atoms with Crippen molar-refractivity contribution in [3.8, 4) is 0 Å². The number of hydrogen-bond donors (Lipinski definition) is 2. The van der Waals surface area contributed by atoms with Gasteiger partial charge in [0, 0.05) is 12.1 Å². The number of aryl methyl sites for hydroxylation is 1. The number of carbonyl (C=O) groups is 1. The fourth-order valence-electron chi connectivity index (χ4n) is 1.96. The Morgan fingerprint density at radius 3 is 2.67 bits per heavy atom. The van der Waals surface area contributed by atoms with Gasteiger partial charge in [-0.1, -0.05) is 17.7 Å². The fraction of sp³-hybridized carbons (Fsp3) is 0.462. The molecule has 5 heteroatoms. The van der Waals surface area contributed by atoms with E-state index in [-0.39, 0.29) is 23.9 Å². The smallest absolute Gasteiger partial charge is 0.252 e. The third kappa shape index (κ3) is 3.37. The molecular formula is C13H18Cl2N2O. The van der Waals surface area contributed by atoms with Gasteiger partial charge in [0.25, 0.3) is 5.91 Å². The van der Waals surface area contributed by atoms with E-state index < -0.39 is 0 Å². The van der Waals surface area contributed by atoms with Gasteiger partial charge in [-0.15, -0.1) is 12.4 Å². The van der Waals surface area contributed by atoms with Gasteiger partial charge in [0.15, 0.2) is 0 Å². The molecule has 0 unspecified atom stereocenters. The average molecular weight is 289 g/mol. The van der Waals surface area contributed by atoms with Gasteiger partial charge < -0.3 is 11.1 Å². The van der Waals surface area contributed by atoms with Crippen LogP contribution in [0.5, 0.6) is 0 Å². The maximum Gasteiger partial charge on any atom is 0.252 e. The van der Waals surface area contributed by atoms with Gasteiger partial charge in [0.1, 0.15) is 0 Å². The molecule has 1 fully saturated rings. The van der Waals surface area contributed by atoms with Gasteiger partial charge in [-0.3, -0.25) is 4.79 Å².